The average molecular weight is 515 g/mol. The maximum absolute atomic E-state index is 11.7. The highest BCUT2D eigenvalue weighted by molar-refractivity contribution is 5.79. The molecule has 2 N–H and O–H groups in total. The third-order valence-corrected chi connectivity index (χ3v) is 6.54. The summed E-state index contributed by atoms with van der Waals surface area (Å²) in [4.78, 5) is 20.8. The van der Waals surface area contributed by atoms with Gasteiger partial charge in [-0.3, -0.25) is 0 Å². The van der Waals surface area contributed by atoms with Gasteiger partial charge < -0.3 is 15.4 Å². The molecule has 1 amide bonds. The summed E-state index contributed by atoms with van der Waals surface area (Å²) in [6.45, 7) is 6.30. The fourth-order valence-corrected chi connectivity index (χ4v) is 4.75. The predicted octanol–water partition coefficient (Wildman–Crippen LogP) is 4.00. The van der Waals surface area contributed by atoms with E-state index >= 15 is 0 Å². The van der Waals surface area contributed by atoms with Crippen molar-refractivity contribution >= 4 is 22.8 Å². The number of carbonyl (C=O) groups is 1. The van der Waals surface area contributed by atoms with Crippen LogP contribution in [0.15, 0.2) is 36.9 Å². The summed E-state index contributed by atoms with van der Waals surface area (Å²) in [5, 5.41) is 29.7. The van der Waals surface area contributed by atoms with E-state index in [1.807, 2.05) is 16.9 Å². The third kappa shape index (κ3) is 5.27. The van der Waals surface area contributed by atoms with Crippen molar-refractivity contribution in [3.63, 3.8) is 0 Å². The van der Waals surface area contributed by atoms with Crippen molar-refractivity contribution in [3.05, 3.63) is 42.5 Å². The molecule has 4 heterocycles. The second kappa shape index (κ2) is 10.8. The zero-order valence-corrected chi connectivity index (χ0v) is 21.6. The Labute approximate surface area is 220 Å². The number of ether oxygens (including phenoxy) is 1. The van der Waals surface area contributed by atoms with E-state index in [4.69, 9.17) is 10.00 Å². The first-order chi connectivity index (χ1) is 18.4. The normalized spacial score (nSPS) is 17.3. The van der Waals surface area contributed by atoms with E-state index in [0.29, 0.717) is 23.6 Å². The molecular weight excluding hydrogens is 484 g/mol. The van der Waals surface area contributed by atoms with Crippen molar-refractivity contribution in [1.82, 2.24) is 40.1 Å². The molecule has 0 unspecified atom stereocenters. The van der Waals surface area contributed by atoms with Gasteiger partial charge in [0, 0.05) is 47.2 Å². The van der Waals surface area contributed by atoms with Crippen LogP contribution in [0.1, 0.15) is 58.1 Å². The predicted molar refractivity (Wildman–Crippen MR) is 141 cm³/mol. The van der Waals surface area contributed by atoms with Gasteiger partial charge >= 0.3 is 6.09 Å². The number of nitrogens with one attached hydrogen (secondary N) is 2. The summed E-state index contributed by atoms with van der Waals surface area (Å²) in [6.07, 6.45) is 10.1. The summed E-state index contributed by atoms with van der Waals surface area (Å²) in [5.41, 5.74) is 3.52. The highest BCUT2D eigenvalue weighted by Gasteiger charge is 2.25. The number of nitriles is 1. The number of fused-ring (bicyclic) bond motifs is 1. The molecule has 0 aliphatic heterocycles. The minimum absolute atomic E-state index is 0.117. The molecule has 0 aromatic carbocycles. The maximum Gasteiger partial charge on any atom is 0.407 e. The van der Waals surface area contributed by atoms with E-state index in [1.165, 1.54) is 6.20 Å². The number of anilines is 1. The number of rotatable bonds is 7. The van der Waals surface area contributed by atoms with E-state index in [-0.39, 0.29) is 24.2 Å². The molecule has 4 aromatic heterocycles. The number of aromatic nitrogens is 7. The van der Waals surface area contributed by atoms with Gasteiger partial charge in [-0.2, -0.15) is 15.0 Å². The molecule has 0 spiro atoms. The van der Waals surface area contributed by atoms with E-state index in [9.17, 15) is 4.79 Å². The number of pyridine rings is 2. The minimum atomic E-state index is -0.356. The monoisotopic (exact) mass is 514 g/mol. The van der Waals surface area contributed by atoms with Gasteiger partial charge in [-0.1, -0.05) is 5.21 Å². The van der Waals surface area contributed by atoms with Crippen molar-refractivity contribution < 1.29 is 9.53 Å². The van der Waals surface area contributed by atoms with Gasteiger partial charge in [-0.25, -0.2) is 19.4 Å². The van der Waals surface area contributed by atoms with Crippen molar-refractivity contribution in [2.45, 2.75) is 64.6 Å². The quantitative estimate of drug-likeness (QED) is 0.373. The molecule has 4 aromatic rings. The van der Waals surface area contributed by atoms with Gasteiger partial charge in [-0.15, -0.1) is 5.10 Å². The summed E-state index contributed by atoms with van der Waals surface area (Å²) in [7, 11) is 0. The first kappa shape index (κ1) is 25.1. The second-order valence-electron chi connectivity index (χ2n) is 9.65. The van der Waals surface area contributed by atoms with Crippen LogP contribution in [0, 0.1) is 11.3 Å². The van der Waals surface area contributed by atoms with E-state index in [1.54, 1.807) is 30.1 Å². The van der Waals surface area contributed by atoms with Crippen molar-refractivity contribution in [3.8, 4) is 23.1 Å². The van der Waals surface area contributed by atoms with Crippen molar-refractivity contribution in [1.29, 1.82) is 5.26 Å². The molecular formula is C26H30N10O2. The highest BCUT2D eigenvalue weighted by atomic mass is 16.5. The molecule has 1 aliphatic rings. The van der Waals surface area contributed by atoms with Gasteiger partial charge in [0.25, 0.3) is 0 Å². The van der Waals surface area contributed by atoms with Gasteiger partial charge in [0.05, 0.1) is 30.6 Å². The molecule has 0 radical (unpaired) electrons. The number of carbonyl (C=O) groups excluding carboxylic acids is 1. The molecule has 0 atom stereocenters. The number of nitrogens with zero attached hydrogens (tertiary/aromatic N) is 8. The van der Waals surface area contributed by atoms with Crippen LogP contribution in [-0.2, 0) is 4.74 Å². The molecule has 1 fully saturated rings. The first-order valence-corrected chi connectivity index (χ1v) is 12.8. The molecule has 12 nitrogen and oxygen atoms in total. The van der Waals surface area contributed by atoms with Crippen LogP contribution >= 0.6 is 0 Å². The largest absolute Gasteiger partial charge is 0.450 e. The van der Waals surface area contributed by atoms with Crippen molar-refractivity contribution in [2.75, 3.05) is 11.9 Å². The zero-order valence-electron chi connectivity index (χ0n) is 21.6. The Balaban J connectivity index is 1.37. The lowest BCUT2D eigenvalue weighted by molar-refractivity contribution is 0.142. The Bertz CT molecular complexity index is 1480. The number of amides is 1. The minimum Gasteiger partial charge on any atom is -0.450 e. The number of hydrogen-bond donors (Lipinski definition) is 2. The summed E-state index contributed by atoms with van der Waals surface area (Å²) >= 11 is 0. The lowest BCUT2D eigenvalue weighted by atomic mass is 9.91. The fraction of sp³-hybridized carbons (Fsp3) is 0.423. The van der Waals surface area contributed by atoms with Crippen LogP contribution in [0.4, 0.5) is 10.5 Å². The van der Waals surface area contributed by atoms with Gasteiger partial charge in [0.15, 0.2) is 11.5 Å². The zero-order chi connectivity index (χ0) is 26.6. The average Bonchev–Trinajstić information content (AvgIpc) is 3.56. The molecule has 196 valence electrons. The van der Waals surface area contributed by atoms with Crippen LogP contribution in [0.3, 0.4) is 0 Å². The van der Waals surface area contributed by atoms with Crippen LogP contribution in [0.2, 0.25) is 0 Å². The van der Waals surface area contributed by atoms with E-state index in [0.717, 1.165) is 48.0 Å². The van der Waals surface area contributed by atoms with Crippen LogP contribution in [0.5, 0.6) is 0 Å². The third-order valence-electron chi connectivity index (χ3n) is 6.54. The van der Waals surface area contributed by atoms with Crippen LogP contribution in [-0.4, -0.2) is 59.5 Å². The van der Waals surface area contributed by atoms with Crippen LogP contribution in [0.25, 0.3) is 28.1 Å². The summed E-state index contributed by atoms with van der Waals surface area (Å²) < 4.78 is 8.57. The molecule has 38 heavy (non-hydrogen) atoms. The standard InChI is InChI=1S/C26H30N10O2/c1-4-38-26(37)32-19-5-7-20(8-6-19)35-15-23(33-34-35)21-14-28-24(10-22(21)31-16(2)3)36-25-18(13-30-36)9-17(11-27)12-29-25/h9-10,12-16,19-20H,4-8H2,1-3H3,(H,28,31)(H,32,37)/t19-,20-. The first-order valence-electron chi connectivity index (χ1n) is 12.8. The summed E-state index contributed by atoms with van der Waals surface area (Å²) in [5.74, 6) is 0.601. The van der Waals surface area contributed by atoms with Gasteiger partial charge in [0.2, 0.25) is 0 Å². The Morgan fingerprint density at radius 3 is 2.74 bits per heavy atom. The Hall–Kier alpha value is -4.53. The van der Waals surface area contributed by atoms with Crippen molar-refractivity contribution in [2.24, 2.45) is 0 Å². The fourth-order valence-electron chi connectivity index (χ4n) is 4.75. The molecule has 0 saturated heterocycles. The molecule has 0 bridgehead atoms. The second-order valence-corrected chi connectivity index (χ2v) is 9.65. The van der Waals surface area contributed by atoms with Gasteiger partial charge in [-0.05, 0) is 52.5 Å². The summed E-state index contributed by atoms with van der Waals surface area (Å²) in [6, 6.07) is 6.29. The topological polar surface area (TPSA) is 148 Å². The number of alkyl carbamates (subject to hydrolysis) is 1. The van der Waals surface area contributed by atoms with Crippen LogP contribution < -0.4 is 10.6 Å². The molecule has 5 rings (SSSR count). The van der Waals surface area contributed by atoms with Gasteiger partial charge in [0.1, 0.15) is 11.8 Å². The lowest BCUT2D eigenvalue weighted by Crippen LogP contribution is -2.38. The smallest absolute Gasteiger partial charge is 0.407 e. The van der Waals surface area contributed by atoms with E-state index < -0.39 is 0 Å². The molecule has 12 heteroatoms. The Kier molecular flexibility index (Phi) is 7.17. The molecule has 1 saturated carbocycles. The Morgan fingerprint density at radius 2 is 2.00 bits per heavy atom. The molecule has 1 aliphatic carbocycles. The number of hydrogen-bond acceptors (Lipinski definition) is 9. The highest BCUT2D eigenvalue weighted by Crippen LogP contribution is 2.32. The SMILES string of the molecule is CCOC(=O)N[C@H]1CC[C@H](n2cc(-c3cnc(-n4ncc5cc(C#N)cnc54)cc3NC(C)C)nn2)CC1. The maximum atomic E-state index is 11.7. The lowest BCUT2D eigenvalue weighted by Gasteiger charge is -2.28. The van der Waals surface area contributed by atoms with E-state index in [2.05, 4.69) is 55.9 Å². The Morgan fingerprint density at radius 1 is 1.18 bits per heavy atom.